The van der Waals surface area contributed by atoms with Crippen molar-refractivity contribution in [1.82, 2.24) is 5.32 Å². The molecule has 3 nitrogen and oxygen atoms in total. The van der Waals surface area contributed by atoms with Crippen LogP contribution in [0.2, 0.25) is 0 Å². The Hall–Kier alpha value is -0.570. The Morgan fingerprint density at radius 1 is 0.731 bits per heavy atom. The van der Waals surface area contributed by atoms with Crippen molar-refractivity contribution in [1.29, 1.82) is 0 Å². The first kappa shape index (κ1) is 25.4. The van der Waals surface area contributed by atoms with E-state index in [1.807, 2.05) is 6.92 Å². The highest BCUT2D eigenvalue weighted by atomic mass is 16.5. The molecule has 0 aromatic heterocycles. The van der Waals surface area contributed by atoms with Crippen LogP contribution in [0.5, 0.6) is 0 Å². The van der Waals surface area contributed by atoms with E-state index in [2.05, 4.69) is 19.2 Å². The lowest BCUT2D eigenvalue weighted by Crippen LogP contribution is -2.32. The molecule has 0 atom stereocenters. The first-order valence-electron chi connectivity index (χ1n) is 11.6. The standard InChI is InChI=1S/C23H47NO2/c1-4-7-9-11-13-15-18-22(19-16-14-12-10-8-5-2)24-20-21-26-23(25)17-6-3/h22,24H,4-21H2,1-3H3. The number of esters is 1. The molecule has 0 unspecified atom stereocenters. The van der Waals surface area contributed by atoms with Gasteiger partial charge >= 0.3 is 5.97 Å². The smallest absolute Gasteiger partial charge is 0.305 e. The number of unbranched alkanes of at least 4 members (excludes halogenated alkanes) is 10. The fourth-order valence-corrected chi connectivity index (χ4v) is 3.39. The van der Waals surface area contributed by atoms with Gasteiger partial charge < -0.3 is 10.1 Å². The molecule has 0 aliphatic heterocycles. The highest BCUT2D eigenvalue weighted by Gasteiger charge is 2.08. The summed E-state index contributed by atoms with van der Waals surface area (Å²) in [4.78, 5) is 11.4. The molecule has 0 saturated carbocycles. The molecule has 0 amide bonds. The summed E-state index contributed by atoms with van der Waals surface area (Å²) >= 11 is 0. The van der Waals surface area contributed by atoms with Crippen LogP contribution in [-0.2, 0) is 9.53 Å². The SMILES string of the molecule is CCCCCCCCC(CCCCCCCC)NCCOC(=O)CCC. The Balaban J connectivity index is 3.89. The van der Waals surface area contributed by atoms with Crippen molar-refractivity contribution in [2.75, 3.05) is 13.2 Å². The number of rotatable bonds is 20. The number of hydrogen-bond acceptors (Lipinski definition) is 3. The number of carbonyl (C=O) groups excluding carboxylic acids is 1. The maximum atomic E-state index is 11.4. The molecule has 0 spiro atoms. The maximum absolute atomic E-state index is 11.4. The zero-order valence-electron chi connectivity index (χ0n) is 18.1. The van der Waals surface area contributed by atoms with E-state index < -0.39 is 0 Å². The van der Waals surface area contributed by atoms with Gasteiger partial charge in [-0.05, 0) is 19.3 Å². The van der Waals surface area contributed by atoms with Gasteiger partial charge in [-0.1, -0.05) is 97.8 Å². The average molecular weight is 370 g/mol. The molecule has 1 N–H and O–H groups in total. The Bertz CT molecular complexity index is 278. The lowest BCUT2D eigenvalue weighted by Gasteiger charge is -2.19. The maximum Gasteiger partial charge on any atom is 0.305 e. The molecular weight excluding hydrogens is 322 g/mol. The van der Waals surface area contributed by atoms with Crippen molar-refractivity contribution >= 4 is 5.97 Å². The van der Waals surface area contributed by atoms with Gasteiger partial charge in [0.05, 0.1) is 0 Å². The van der Waals surface area contributed by atoms with E-state index in [0.29, 0.717) is 19.1 Å². The van der Waals surface area contributed by atoms with E-state index in [-0.39, 0.29) is 5.97 Å². The second-order valence-corrected chi connectivity index (χ2v) is 7.73. The minimum atomic E-state index is -0.0577. The lowest BCUT2D eigenvalue weighted by molar-refractivity contribution is -0.143. The number of carbonyl (C=O) groups is 1. The minimum Gasteiger partial charge on any atom is -0.464 e. The first-order valence-corrected chi connectivity index (χ1v) is 11.6. The van der Waals surface area contributed by atoms with Gasteiger partial charge in [-0.2, -0.15) is 0 Å². The molecule has 0 saturated heterocycles. The van der Waals surface area contributed by atoms with Crippen molar-refractivity contribution in [2.24, 2.45) is 0 Å². The van der Waals surface area contributed by atoms with E-state index in [4.69, 9.17) is 4.74 Å². The van der Waals surface area contributed by atoms with Crippen molar-refractivity contribution in [3.63, 3.8) is 0 Å². The summed E-state index contributed by atoms with van der Waals surface area (Å²) in [6, 6.07) is 0.595. The van der Waals surface area contributed by atoms with Crippen LogP contribution in [0.1, 0.15) is 124 Å². The summed E-state index contributed by atoms with van der Waals surface area (Å²) < 4.78 is 5.27. The quantitative estimate of drug-likeness (QED) is 0.190. The van der Waals surface area contributed by atoms with Gasteiger partial charge in [0.15, 0.2) is 0 Å². The van der Waals surface area contributed by atoms with E-state index in [9.17, 15) is 4.79 Å². The Morgan fingerprint density at radius 3 is 1.73 bits per heavy atom. The fourth-order valence-electron chi connectivity index (χ4n) is 3.39. The second kappa shape index (κ2) is 20.7. The molecule has 0 aromatic carbocycles. The van der Waals surface area contributed by atoms with Crippen molar-refractivity contribution in [2.45, 2.75) is 130 Å². The second-order valence-electron chi connectivity index (χ2n) is 7.73. The predicted octanol–water partition coefficient (Wildman–Crippen LogP) is 6.79. The first-order chi connectivity index (χ1) is 12.7. The molecule has 0 heterocycles. The third kappa shape index (κ3) is 18.2. The van der Waals surface area contributed by atoms with Crippen molar-refractivity contribution < 1.29 is 9.53 Å². The highest BCUT2D eigenvalue weighted by molar-refractivity contribution is 5.69. The van der Waals surface area contributed by atoms with Crippen LogP contribution in [0, 0.1) is 0 Å². The lowest BCUT2D eigenvalue weighted by atomic mass is 10.00. The molecule has 0 bridgehead atoms. The fraction of sp³-hybridized carbons (Fsp3) is 0.957. The van der Waals surface area contributed by atoms with Gasteiger partial charge in [0.2, 0.25) is 0 Å². The van der Waals surface area contributed by atoms with E-state index in [0.717, 1.165) is 13.0 Å². The summed E-state index contributed by atoms with van der Waals surface area (Å²) in [7, 11) is 0. The minimum absolute atomic E-state index is 0.0577. The third-order valence-electron chi connectivity index (χ3n) is 5.06. The zero-order chi connectivity index (χ0) is 19.3. The van der Waals surface area contributed by atoms with Crippen LogP contribution in [0.25, 0.3) is 0 Å². The van der Waals surface area contributed by atoms with Crippen LogP contribution in [0.4, 0.5) is 0 Å². The Morgan fingerprint density at radius 2 is 1.23 bits per heavy atom. The molecule has 0 aromatic rings. The number of hydrogen-bond donors (Lipinski definition) is 1. The van der Waals surface area contributed by atoms with Crippen LogP contribution in [0.3, 0.4) is 0 Å². The summed E-state index contributed by atoms with van der Waals surface area (Å²) in [6.07, 6.45) is 20.2. The Kier molecular flexibility index (Phi) is 20.3. The van der Waals surface area contributed by atoms with Gasteiger partial charge in [0, 0.05) is 19.0 Å². The normalized spacial score (nSPS) is 11.2. The average Bonchev–Trinajstić information content (AvgIpc) is 2.64. The van der Waals surface area contributed by atoms with Crippen LogP contribution in [-0.4, -0.2) is 25.2 Å². The molecule has 0 radical (unpaired) electrons. The highest BCUT2D eigenvalue weighted by Crippen LogP contribution is 2.14. The molecule has 0 fully saturated rings. The molecular formula is C23H47NO2. The molecule has 0 rings (SSSR count). The summed E-state index contributed by atoms with van der Waals surface area (Å²) in [5.74, 6) is -0.0577. The molecule has 3 heteroatoms. The van der Waals surface area contributed by atoms with E-state index in [1.54, 1.807) is 0 Å². The van der Waals surface area contributed by atoms with E-state index in [1.165, 1.54) is 89.9 Å². The van der Waals surface area contributed by atoms with Crippen LogP contribution >= 0.6 is 0 Å². The summed E-state index contributed by atoms with van der Waals surface area (Å²) in [6.45, 7) is 7.87. The molecule has 26 heavy (non-hydrogen) atoms. The van der Waals surface area contributed by atoms with Gasteiger partial charge in [-0.25, -0.2) is 0 Å². The molecule has 0 aliphatic rings. The largest absolute Gasteiger partial charge is 0.464 e. The topological polar surface area (TPSA) is 38.3 Å². The van der Waals surface area contributed by atoms with Gasteiger partial charge in [0.1, 0.15) is 6.61 Å². The molecule has 156 valence electrons. The summed E-state index contributed by atoms with van der Waals surface area (Å²) in [5, 5.41) is 3.64. The zero-order valence-corrected chi connectivity index (χ0v) is 18.1. The number of ether oxygens (including phenoxy) is 1. The van der Waals surface area contributed by atoms with Crippen LogP contribution < -0.4 is 5.32 Å². The molecule has 0 aliphatic carbocycles. The van der Waals surface area contributed by atoms with Crippen LogP contribution in [0.15, 0.2) is 0 Å². The number of nitrogens with one attached hydrogen (secondary N) is 1. The predicted molar refractivity (Wildman–Crippen MR) is 114 cm³/mol. The van der Waals surface area contributed by atoms with E-state index >= 15 is 0 Å². The van der Waals surface area contributed by atoms with Gasteiger partial charge in [-0.15, -0.1) is 0 Å². The van der Waals surface area contributed by atoms with Gasteiger partial charge in [0.25, 0.3) is 0 Å². The third-order valence-corrected chi connectivity index (χ3v) is 5.06. The Labute approximate surface area is 164 Å². The summed E-state index contributed by atoms with van der Waals surface area (Å²) in [5.41, 5.74) is 0. The monoisotopic (exact) mass is 369 g/mol. The van der Waals surface area contributed by atoms with Gasteiger partial charge in [-0.3, -0.25) is 4.79 Å². The van der Waals surface area contributed by atoms with Crippen molar-refractivity contribution in [3.8, 4) is 0 Å². The van der Waals surface area contributed by atoms with Crippen molar-refractivity contribution in [3.05, 3.63) is 0 Å².